The molecule has 0 bridgehead atoms. The van der Waals surface area contributed by atoms with E-state index in [9.17, 15) is 2.74 Å². The molecule has 298 valence electrons. The van der Waals surface area contributed by atoms with Crippen molar-refractivity contribution in [3.05, 3.63) is 199 Å². The minimum atomic E-state index is -0.739. The largest absolute Gasteiger partial charge is 0.458 e. The zero-order chi connectivity index (χ0) is 50.6. The average Bonchev–Trinajstić information content (AvgIpc) is 3.89. The molecule has 7 aromatic carbocycles. The lowest BCUT2D eigenvalue weighted by molar-refractivity contribution is -0.572. The number of nitrogens with zero attached hydrogens (tertiary/aromatic N) is 4. The number of para-hydroxylation sites is 3. The third-order valence-corrected chi connectivity index (χ3v) is 11.1. The molecule has 10 rings (SSSR count). The van der Waals surface area contributed by atoms with Gasteiger partial charge in [0.05, 0.1) is 47.1 Å². The molecule has 0 spiro atoms. The Balaban J connectivity index is 1.16. The molecule has 5 heteroatoms. The highest BCUT2D eigenvalue weighted by Crippen LogP contribution is 2.40. The van der Waals surface area contributed by atoms with Crippen molar-refractivity contribution in [2.24, 2.45) is 0 Å². The minimum absolute atomic E-state index is 0.0816. The molecule has 3 aromatic heterocycles. The number of aromatic nitrogens is 4. The standard InChI is InChI=1S/C56H48N4O/c1-55(2,3)41-30-31-57-53(34-41)60-49-25-14-13-24-45(49)46-29-28-44(36-52(46)60)61-43-23-17-22-42(35-43)58-37-59(51-27-16-15-26-50(51)58)54-47(39-20-11-8-12-21-39)32-40(33-48(54)56(4,5)6)38-18-9-7-10-19-38/h7-36H,1-6H3/i7D,8D,9D,10D,11D,12D,18D,19D,20D,21D. The number of hydrogen-bond acceptors (Lipinski definition) is 2. The lowest BCUT2D eigenvalue weighted by atomic mass is 9.81. The van der Waals surface area contributed by atoms with Gasteiger partial charge in [-0.05, 0) is 98.8 Å². The number of hydrogen-bond donors (Lipinski definition) is 0. The van der Waals surface area contributed by atoms with Gasteiger partial charge in [-0.15, -0.1) is 0 Å². The predicted molar refractivity (Wildman–Crippen MR) is 251 cm³/mol. The van der Waals surface area contributed by atoms with Gasteiger partial charge >= 0.3 is 0 Å². The van der Waals surface area contributed by atoms with Crippen LogP contribution in [0.5, 0.6) is 11.5 Å². The van der Waals surface area contributed by atoms with Gasteiger partial charge in [0.2, 0.25) is 0 Å². The fraction of sp³-hybridized carbons (Fsp3) is 0.143. The Morgan fingerprint density at radius 3 is 2.03 bits per heavy atom. The summed E-state index contributed by atoms with van der Waals surface area (Å²) >= 11 is 0. The predicted octanol–water partition coefficient (Wildman–Crippen LogP) is 13.9. The summed E-state index contributed by atoms with van der Waals surface area (Å²) in [7, 11) is 0. The van der Waals surface area contributed by atoms with Gasteiger partial charge in [0.25, 0.3) is 6.33 Å². The number of benzene rings is 7. The van der Waals surface area contributed by atoms with E-state index >= 15 is 0 Å². The summed E-state index contributed by atoms with van der Waals surface area (Å²) < 4.78 is 100. The van der Waals surface area contributed by atoms with Gasteiger partial charge in [-0.2, -0.15) is 0 Å². The quantitative estimate of drug-likeness (QED) is 0.119. The van der Waals surface area contributed by atoms with Crippen molar-refractivity contribution in [3.8, 4) is 50.9 Å². The van der Waals surface area contributed by atoms with E-state index in [0.717, 1.165) is 33.1 Å². The normalized spacial score (nSPS) is 14.4. The molecule has 0 amide bonds. The first-order valence-corrected chi connectivity index (χ1v) is 20.2. The smallest absolute Gasteiger partial charge is 0.269 e. The highest BCUT2D eigenvalue weighted by Gasteiger charge is 2.26. The Morgan fingerprint density at radius 2 is 1.28 bits per heavy atom. The maximum absolute atomic E-state index is 9.22. The first-order valence-electron chi connectivity index (χ1n) is 25.2. The molecular formula is C56H48N4O. The second-order valence-corrected chi connectivity index (χ2v) is 17.2. The lowest BCUT2D eigenvalue weighted by Gasteiger charge is -2.27. The minimum Gasteiger partial charge on any atom is -0.458 e. The van der Waals surface area contributed by atoms with Gasteiger partial charge in [0.15, 0.2) is 0 Å². The summed E-state index contributed by atoms with van der Waals surface area (Å²) in [5, 5.41) is 2.15. The topological polar surface area (TPSA) is 35.9 Å². The van der Waals surface area contributed by atoms with Crippen LogP contribution in [0, 0.1) is 6.33 Å². The molecule has 0 atom stereocenters. The summed E-state index contributed by atoms with van der Waals surface area (Å²) in [5.41, 5.74) is 5.62. The maximum atomic E-state index is 9.22. The molecule has 3 heterocycles. The first kappa shape index (κ1) is 28.3. The van der Waals surface area contributed by atoms with Crippen LogP contribution in [0.4, 0.5) is 0 Å². The first-order chi connectivity index (χ1) is 33.6. The number of ether oxygens (including phenoxy) is 1. The Hall–Kier alpha value is -7.24. The molecule has 0 radical (unpaired) electrons. The molecule has 0 N–H and O–H groups in total. The zero-order valence-corrected chi connectivity index (χ0v) is 34.7. The molecule has 0 unspecified atom stereocenters. The summed E-state index contributed by atoms with van der Waals surface area (Å²) in [6.07, 6.45) is 5.41. The molecule has 10 aromatic rings. The molecule has 0 saturated carbocycles. The van der Waals surface area contributed by atoms with Crippen LogP contribution in [0.25, 0.3) is 72.3 Å². The summed E-state index contributed by atoms with van der Waals surface area (Å²) in [5.74, 6) is 1.96. The third-order valence-electron chi connectivity index (χ3n) is 11.1. The molecule has 0 aliphatic rings. The van der Waals surface area contributed by atoms with Gasteiger partial charge < -0.3 is 4.74 Å². The number of pyridine rings is 1. The van der Waals surface area contributed by atoms with E-state index in [0.29, 0.717) is 34.0 Å². The summed E-state index contributed by atoms with van der Waals surface area (Å²) in [4.78, 5) is 4.83. The van der Waals surface area contributed by atoms with Gasteiger partial charge in [-0.1, -0.05) is 157 Å². The molecule has 0 aliphatic heterocycles. The van der Waals surface area contributed by atoms with Crippen LogP contribution in [-0.4, -0.2) is 14.1 Å². The van der Waals surface area contributed by atoms with Crippen molar-refractivity contribution in [2.45, 2.75) is 52.4 Å². The Labute approximate surface area is 371 Å². The van der Waals surface area contributed by atoms with Crippen LogP contribution in [0.15, 0.2) is 182 Å². The SMILES string of the molecule is [2H]c1c([2H])c([2H])c(-c2cc(-c3c([2H])c([2H])c([2H])c([2H])c3[2H])c(-[n+]3[c-]n(-c4cccc(Oc5ccc6c7ccccc7n(-c7cc(C(C)(C)C)ccn7)c6c5)c4)c4ccccc43)c(C(C)(C)C)c2)c([2H])c1[2H]. The molecule has 5 nitrogen and oxygen atoms in total. The van der Waals surface area contributed by atoms with Crippen molar-refractivity contribution in [1.82, 2.24) is 14.1 Å². The van der Waals surface area contributed by atoms with Gasteiger partial charge in [-0.3, -0.25) is 13.7 Å². The maximum Gasteiger partial charge on any atom is 0.269 e. The number of fused-ring (bicyclic) bond motifs is 4. The van der Waals surface area contributed by atoms with Crippen molar-refractivity contribution < 1.29 is 23.0 Å². The van der Waals surface area contributed by atoms with Crippen LogP contribution in [-0.2, 0) is 10.8 Å². The highest BCUT2D eigenvalue weighted by atomic mass is 16.5. The molecule has 0 saturated heterocycles. The van der Waals surface area contributed by atoms with Crippen LogP contribution < -0.4 is 9.30 Å². The van der Waals surface area contributed by atoms with E-state index in [1.165, 1.54) is 5.56 Å². The molecule has 61 heavy (non-hydrogen) atoms. The third kappa shape index (κ3) is 6.96. The Bertz CT molecular complexity index is 3790. The van der Waals surface area contributed by atoms with E-state index in [-0.39, 0.29) is 27.7 Å². The van der Waals surface area contributed by atoms with Crippen LogP contribution in [0.2, 0.25) is 0 Å². The van der Waals surface area contributed by atoms with Crippen molar-refractivity contribution in [1.29, 1.82) is 0 Å². The van der Waals surface area contributed by atoms with Crippen molar-refractivity contribution in [2.75, 3.05) is 0 Å². The fourth-order valence-corrected chi connectivity index (χ4v) is 8.07. The van der Waals surface area contributed by atoms with Crippen LogP contribution in [0.1, 0.15) is 66.4 Å². The molecular weight excluding hydrogens is 745 g/mol. The van der Waals surface area contributed by atoms with E-state index in [1.54, 1.807) is 16.7 Å². The van der Waals surface area contributed by atoms with Gasteiger partial charge in [0.1, 0.15) is 17.3 Å². The highest BCUT2D eigenvalue weighted by molar-refractivity contribution is 6.09. The van der Waals surface area contributed by atoms with Crippen molar-refractivity contribution in [3.63, 3.8) is 0 Å². The Kier molecular flexibility index (Phi) is 6.85. The second-order valence-electron chi connectivity index (χ2n) is 17.2. The second kappa shape index (κ2) is 14.8. The van der Waals surface area contributed by atoms with E-state index in [2.05, 4.69) is 62.0 Å². The summed E-state index contributed by atoms with van der Waals surface area (Å²) in [6.45, 7) is 12.4. The molecule has 0 aliphatic carbocycles. The molecule has 0 fully saturated rings. The van der Waals surface area contributed by atoms with Crippen molar-refractivity contribution >= 4 is 32.8 Å². The lowest BCUT2D eigenvalue weighted by Crippen LogP contribution is -2.34. The average molecular weight is 803 g/mol. The summed E-state index contributed by atoms with van der Waals surface area (Å²) in [6, 6.07) is 32.0. The van der Waals surface area contributed by atoms with Gasteiger partial charge in [-0.25, -0.2) is 4.98 Å². The Morgan fingerprint density at radius 1 is 0.590 bits per heavy atom. The van der Waals surface area contributed by atoms with Crippen LogP contribution >= 0.6 is 0 Å². The van der Waals surface area contributed by atoms with E-state index in [4.69, 9.17) is 20.7 Å². The van der Waals surface area contributed by atoms with E-state index < -0.39 is 65.8 Å². The van der Waals surface area contributed by atoms with Crippen LogP contribution in [0.3, 0.4) is 0 Å². The van der Waals surface area contributed by atoms with Gasteiger partial charge in [0, 0.05) is 23.0 Å². The fourth-order valence-electron chi connectivity index (χ4n) is 8.07. The zero-order valence-electron chi connectivity index (χ0n) is 44.7. The monoisotopic (exact) mass is 802 g/mol. The van der Waals surface area contributed by atoms with E-state index in [1.807, 2.05) is 104 Å². The number of rotatable bonds is 7. The number of imidazole rings is 1.